The van der Waals surface area contributed by atoms with E-state index in [2.05, 4.69) is 10.2 Å². The summed E-state index contributed by atoms with van der Waals surface area (Å²) in [7, 11) is 1.82. The summed E-state index contributed by atoms with van der Waals surface area (Å²) in [5, 5.41) is 8.04. The van der Waals surface area contributed by atoms with E-state index in [0.29, 0.717) is 18.3 Å². The lowest BCUT2D eigenvalue weighted by Gasteiger charge is -2.20. The van der Waals surface area contributed by atoms with Gasteiger partial charge in [-0.1, -0.05) is 60.7 Å². The van der Waals surface area contributed by atoms with E-state index in [1.54, 1.807) is 11.8 Å². The standard InChI is InChI=1S/C20H21N3O2/c1-15-21-22-20(25-15)18(17-11-7-4-8-12-17)13-19(24)23(2)14-16-9-5-3-6-10-16/h3-12,18H,13-14H2,1-2H3. The van der Waals surface area contributed by atoms with Gasteiger partial charge in [-0.3, -0.25) is 4.79 Å². The molecular formula is C20H21N3O2. The maximum Gasteiger partial charge on any atom is 0.224 e. The van der Waals surface area contributed by atoms with Gasteiger partial charge in [0.05, 0.1) is 5.92 Å². The quantitative estimate of drug-likeness (QED) is 0.691. The van der Waals surface area contributed by atoms with Crippen LogP contribution in [-0.4, -0.2) is 28.1 Å². The van der Waals surface area contributed by atoms with Crippen molar-refractivity contribution >= 4 is 5.91 Å². The number of benzene rings is 2. The van der Waals surface area contributed by atoms with Gasteiger partial charge in [0.25, 0.3) is 0 Å². The second-order valence-corrected chi connectivity index (χ2v) is 6.06. The van der Waals surface area contributed by atoms with Gasteiger partial charge in [0.15, 0.2) is 0 Å². The number of carbonyl (C=O) groups is 1. The van der Waals surface area contributed by atoms with Crippen molar-refractivity contribution < 1.29 is 9.21 Å². The molecule has 3 rings (SSSR count). The van der Waals surface area contributed by atoms with Crippen molar-refractivity contribution in [3.05, 3.63) is 83.6 Å². The van der Waals surface area contributed by atoms with Gasteiger partial charge in [-0.05, 0) is 11.1 Å². The molecule has 1 atom stereocenters. The van der Waals surface area contributed by atoms with E-state index in [1.807, 2.05) is 67.7 Å². The fourth-order valence-corrected chi connectivity index (χ4v) is 2.76. The summed E-state index contributed by atoms with van der Waals surface area (Å²) >= 11 is 0. The minimum Gasteiger partial charge on any atom is -0.425 e. The lowest BCUT2D eigenvalue weighted by molar-refractivity contribution is -0.130. The van der Waals surface area contributed by atoms with Crippen LogP contribution in [-0.2, 0) is 11.3 Å². The third-order valence-corrected chi connectivity index (χ3v) is 4.11. The smallest absolute Gasteiger partial charge is 0.224 e. The maximum atomic E-state index is 12.7. The number of hydrogen-bond donors (Lipinski definition) is 0. The third-order valence-electron chi connectivity index (χ3n) is 4.11. The molecule has 5 heteroatoms. The molecule has 128 valence electrons. The molecule has 3 aromatic rings. The molecule has 1 heterocycles. The Labute approximate surface area is 147 Å². The zero-order valence-corrected chi connectivity index (χ0v) is 14.4. The first-order chi connectivity index (χ1) is 12.1. The van der Waals surface area contributed by atoms with Crippen molar-refractivity contribution in [2.24, 2.45) is 0 Å². The average Bonchev–Trinajstić information content (AvgIpc) is 3.07. The molecular weight excluding hydrogens is 314 g/mol. The monoisotopic (exact) mass is 335 g/mol. The fraction of sp³-hybridized carbons (Fsp3) is 0.250. The molecule has 2 aromatic carbocycles. The Bertz CT molecular complexity index is 815. The molecule has 0 aliphatic heterocycles. The summed E-state index contributed by atoms with van der Waals surface area (Å²) < 4.78 is 5.61. The SMILES string of the molecule is Cc1nnc(C(CC(=O)N(C)Cc2ccccc2)c2ccccc2)o1. The van der Waals surface area contributed by atoms with E-state index in [1.165, 1.54) is 0 Å². The fourth-order valence-electron chi connectivity index (χ4n) is 2.76. The summed E-state index contributed by atoms with van der Waals surface area (Å²) in [4.78, 5) is 14.5. The van der Waals surface area contributed by atoms with Crippen molar-refractivity contribution in [1.29, 1.82) is 0 Å². The summed E-state index contributed by atoms with van der Waals surface area (Å²) in [5.41, 5.74) is 2.09. The number of aromatic nitrogens is 2. The van der Waals surface area contributed by atoms with Crippen molar-refractivity contribution in [3.63, 3.8) is 0 Å². The number of nitrogens with zero attached hydrogens (tertiary/aromatic N) is 3. The summed E-state index contributed by atoms with van der Waals surface area (Å²) in [6, 6.07) is 19.7. The van der Waals surface area contributed by atoms with E-state index in [-0.39, 0.29) is 18.2 Å². The van der Waals surface area contributed by atoms with Crippen LogP contribution in [0.3, 0.4) is 0 Å². The Morgan fingerprint density at radius 2 is 1.68 bits per heavy atom. The van der Waals surface area contributed by atoms with Gasteiger partial charge in [0.1, 0.15) is 0 Å². The highest BCUT2D eigenvalue weighted by molar-refractivity contribution is 5.77. The lowest BCUT2D eigenvalue weighted by Crippen LogP contribution is -2.28. The first-order valence-corrected chi connectivity index (χ1v) is 8.26. The van der Waals surface area contributed by atoms with Crippen LogP contribution >= 0.6 is 0 Å². The third kappa shape index (κ3) is 4.32. The van der Waals surface area contributed by atoms with Gasteiger partial charge >= 0.3 is 0 Å². The summed E-state index contributed by atoms with van der Waals surface area (Å²) in [6.45, 7) is 2.33. The molecule has 0 aliphatic carbocycles. The van der Waals surface area contributed by atoms with Crippen molar-refractivity contribution in [1.82, 2.24) is 15.1 Å². The highest BCUT2D eigenvalue weighted by atomic mass is 16.4. The number of hydrogen-bond acceptors (Lipinski definition) is 4. The first-order valence-electron chi connectivity index (χ1n) is 8.26. The summed E-state index contributed by atoms with van der Waals surface area (Å²) in [6.07, 6.45) is 0.287. The van der Waals surface area contributed by atoms with Crippen molar-refractivity contribution in [2.45, 2.75) is 25.8 Å². The van der Waals surface area contributed by atoms with Gasteiger partial charge in [0.2, 0.25) is 17.7 Å². The molecule has 0 bridgehead atoms. The molecule has 1 unspecified atom stereocenters. The van der Waals surface area contributed by atoms with Gasteiger partial charge in [-0.15, -0.1) is 10.2 Å². The normalized spacial score (nSPS) is 11.9. The first kappa shape index (κ1) is 16.9. The zero-order chi connectivity index (χ0) is 17.6. The Morgan fingerprint density at radius 3 is 2.28 bits per heavy atom. The largest absolute Gasteiger partial charge is 0.425 e. The van der Waals surface area contributed by atoms with E-state index in [9.17, 15) is 4.79 Å². The van der Waals surface area contributed by atoms with E-state index in [0.717, 1.165) is 11.1 Å². The van der Waals surface area contributed by atoms with Crippen LogP contribution in [0, 0.1) is 6.92 Å². The van der Waals surface area contributed by atoms with Crippen LogP contribution < -0.4 is 0 Å². The van der Waals surface area contributed by atoms with E-state index in [4.69, 9.17) is 4.42 Å². The molecule has 0 radical (unpaired) electrons. The average molecular weight is 335 g/mol. The summed E-state index contributed by atoms with van der Waals surface area (Å²) in [5.74, 6) is 0.771. The topological polar surface area (TPSA) is 59.2 Å². The molecule has 0 spiro atoms. The maximum absolute atomic E-state index is 12.7. The van der Waals surface area contributed by atoms with E-state index >= 15 is 0 Å². The number of carbonyl (C=O) groups excluding carboxylic acids is 1. The Morgan fingerprint density at radius 1 is 1.04 bits per heavy atom. The number of amides is 1. The molecule has 1 amide bonds. The predicted octanol–water partition coefficient (Wildman–Crippen LogP) is 3.56. The highest BCUT2D eigenvalue weighted by Crippen LogP contribution is 2.27. The molecule has 0 aliphatic rings. The zero-order valence-electron chi connectivity index (χ0n) is 14.4. The Balaban J connectivity index is 1.77. The van der Waals surface area contributed by atoms with Gasteiger partial charge in [-0.25, -0.2) is 0 Å². The molecule has 0 saturated carbocycles. The molecule has 1 aromatic heterocycles. The molecule has 0 fully saturated rings. The van der Waals surface area contributed by atoms with Crippen LogP contribution in [0.5, 0.6) is 0 Å². The number of aryl methyl sites for hydroxylation is 1. The van der Waals surface area contributed by atoms with Crippen LogP contribution in [0.4, 0.5) is 0 Å². The minimum absolute atomic E-state index is 0.0357. The van der Waals surface area contributed by atoms with Gasteiger partial charge < -0.3 is 9.32 Å². The predicted molar refractivity (Wildman–Crippen MR) is 94.9 cm³/mol. The van der Waals surface area contributed by atoms with Gasteiger partial charge in [0, 0.05) is 26.9 Å². The second kappa shape index (κ2) is 7.75. The van der Waals surface area contributed by atoms with Crippen LogP contribution in [0.25, 0.3) is 0 Å². The lowest BCUT2D eigenvalue weighted by atomic mass is 9.95. The van der Waals surface area contributed by atoms with Crippen molar-refractivity contribution in [3.8, 4) is 0 Å². The van der Waals surface area contributed by atoms with Crippen LogP contribution in [0.15, 0.2) is 65.1 Å². The molecule has 5 nitrogen and oxygen atoms in total. The molecule has 25 heavy (non-hydrogen) atoms. The molecule has 0 N–H and O–H groups in total. The van der Waals surface area contributed by atoms with E-state index < -0.39 is 0 Å². The van der Waals surface area contributed by atoms with Crippen LogP contribution in [0.1, 0.15) is 35.2 Å². The Hall–Kier alpha value is -2.95. The van der Waals surface area contributed by atoms with Crippen molar-refractivity contribution in [2.75, 3.05) is 7.05 Å². The second-order valence-electron chi connectivity index (χ2n) is 6.06. The van der Waals surface area contributed by atoms with Gasteiger partial charge in [-0.2, -0.15) is 0 Å². The highest BCUT2D eigenvalue weighted by Gasteiger charge is 2.25. The molecule has 0 saturated heterocycles. The minimum atomic E-state index is -0.242. The van der Waals surface area contributed by atoms with Crippen LogP contribution in [0.2, 0.25) is 0 Å². The number of rotatable bonds is 6. The Kier molecular flexibility index (Phi) is 5.23.